The van der Waals surface area contributed by atoms with Crippen LogP contribution in [0.2, 0.25) is 0 Å². The Morgan fingerprint density at radius 3 is 3.06 bits per heavy atom. The second-order valence-corrected chi connectivity index (χ2v) is 5.83. The molecule has 1 heterocycles. The van der Waals surface area contributed by atoms with Gasteiger partial charge in [-0.05, 0) is 36.5 Å². The first-order chi connectivity index (χ1) is 8.63. The van der Waals surface area contributed by atoms with Gasteiger partial charge in [-0.25, -0.2) is 0 Å². The maximum absolute atomic E-state index is 11.3. The van der Waals surface area contributed by atoms with Crippen LogP contribution in [-0.2, 0) is 16.0 Å². The summed E-state index contributed by atoms with van der Waals surface area (Å²) < 4.78 is 0. The minimum absolute atomic E-state index is 0.0273. The van der Waals surface area contributed by atoms with E-state index in [9.17, 15) is 9.59 Å². The van der Waals surface area contributed by atoms with E-state index in [2.05, 4.69) is 5.32 Å². The molecule has 18 heavy (non-hydrogen) atoms. The minimum Gasteiger partial charge on any atom is -0.481 e. The van der Waals surface area contributed by atoms with E-state index in [1.54, 1.807) is 0 Å². The molecule has 4 nitrogen and oxygen atoms in total. The summed E-state index contributed by atoms with van der Waals surface area (Å²) in [5.74, 6) is -0.116. The quantitative estimate of drug-likeness (QED) is 0.875. The largest absolute Gasteiger partial charge is 0.481 e. The third-order valence-electron chi connectivity index (χ3n) is 3.41. The molecule has 0 spiro atoms. The van der Waals surface area contributed by atoms with Crippen molar-refractivity contribution in [3.8, 4) is 0 Å². The lowest BCUT2D eigenvalue weighted by Gasteiger charge is -2.17. The molecule has 0 aromatic heterocycles. The average Bonchev–Trinajstić information content (AvgIpc) is 3.08. The van der Waals surface area contributed by atoms with Crippen molar-refractivity contribution in [2.45, 2.75) is 17.7 Å². The topological polar surface area (TPSA) is 66.4 Å². The zero-order chi connectivity index (χ0) is 12.7. The molecule has 2 aliphatic rings. The fraction of sp³-hybridized carbons (Fsp3) is 0.385. The van der Waals surface area contributed by atoms with Gasteiger partial charge in [-0.3, -0.25) is 9.59 Å². The molecule has 0 bridgehead atoms. The normalized spacial score (nSPS) is 25.2. The van der Waals surface area contributed by atoms with Gasteiger partial charge in [-0.2, -0.15) is 0 Å². The second kappa shape index (κ2) is 4.31. The maximum atomic E-state index is 11.3. The molecule has 0 saturated heterocycles. The molecule has 2 atom stereocenters. The van der Waals surface area contributed by atoms with Gasteiger partial charge in [0.1, 0.15) is 0 Å². The van der Waals surface area contributed by atoms with Crippen molar-refractivity contribution in [2.24, 2.45) is 11.8 Å². The van der Waals surface area contributed by atoms with Crippen LogP contribution in [0.1, 0.15) is 12.0 Å². The zero-order valence-corrected chi connectivity index (χ0v) is 10.5. The number of carboxylic acid groups (broad SMARTS) is 1. The number of carbonyl (C=O) groups is 2. The summed E-state index contributed by atoms with van der Waals surface area (Å²) in [5.41, 5.74) is 1.96. The van der Waals surface area contributed by atoms with Crippen molar-refractivity contribution >= 4 is 29.3 Å². The number of fused-ring (bicyclic) bond motifs is 1. The molecular weight excluding hydrogens is 250 g/mol. The minimum atomic E-state index is -0.693. The van der Waals surface area contributed by atoms with Crippen molar-refractivity contribution in [1.29, 1.82) is 0 Å². The standard InChI is InChI=1S/C13H13NO3S/c15-12-6-18-11-2-1-7(4-10(11)14-12)3-8-5-9(8)13(16)17/h1-2,4,8-9H,3,5-6H2,(H,14,15)(H,16,17). The van der Waals surface area contributed by atoms with Gasteiger partial charge >= 0.3 is 5.97 Å². The fourth-order valence-corrected chi connectivity index (χ4v) is 3.12. The first-order valence-corrected chi connectivity index (χ1v) is 6.90. The molecule has 1 aliphatic carbocycles. The molecule has 2 N–H and O–H groups in total. The molecule has 1 aromatic carbocycles. The van der Waals surface area contributed by atoms with Crippen molar-refractivity contribution in [3.63, 3.8) is 0 Å². The number of carbonyl (C=O) groups excluding carboxylic acids is 1. The molecule has 3 rings (SSSR count). The lowest BCUT2D eigenvalue weighted by molar-refractivity contribution is -0.138. The highest BCUT2D eigenvalue weighted by Crippen LogP contribution is 2.42. The molecule has 5 heteroatoms. The summed E-state index contributed by atoms with van der Waals surface area (Å²) in [6, 6.07) is 6.00. The van der Waals surface area contributed by atoms with Gasteiger partial charge in [-0.1, -0.05) is 6.07 Å². The van der Waals surface area contributed by atoms with Gasteiger partial charge in [0, 0.05) is 4.90 Å². The summed E-state index contributed by atoms with van der Waals surface area (Å²) in [7, 11) is 0. The summed E-state index contributed by atoms with van der Waals surface area (Å²) >= 11 is 1.54. The highest BCUT2D eigenvalue weighted by Gasteiger charge is 2.42. The molecule has 1 amide bonds. The van der Waals surface area contributed by atoms with Crippen LogP contribution in [0.5, 0.6) is 0 Å². The van der Waals surface area contributed by atoms with Crippen LogP contribution < -0.4 is 5.32 Å². The van der Waals surface area contributed by atoms with Gasteiger partial charge in [0.25, 0.3) is 0 Å². The molecule has 0 radical (unpaired) electrons. The molecule has 1 aliphatic heterocycles. The predicted octanol–water partition coefficient (Wildman–Crippen LogP) is 1.99. The van der Waals surface area contributed by atoms with Crippen molar-refractivity contribution in [2.75, 3.05) is 11.1 Å². The van der Waals surface area contributed by atoms with Crippen LogP contribution in [0, 0.1) is 11.8 Å². The summed E-state index contributed by atoms with van der Waals surface area (Å²) in [4.78, 5) is 23.2. The lowest BCUT2D eigenvalue weighted by Crippen LogP contribution is -2.18. The highest BCUT2D eigenvalue weighted by molar-refractivity contribution is 8.00. The van der Waals surface area contributed by atoms with E-state index in [0.29, 0.717) is 5.75 Å². The summed E-state index contributed by atoms with van der Waals surface area (Å²) in [6.07, 6.45) is 1.55. The first-order valence-electron chi connectivity index (χ1n) is 5.92. The van der Waals surface area contributed by atoms with E-state index >= 15 is 0 Å². The molecular formula is C13H13NO3S. The Balaban J connectivity index is 1.73. The van der Waals surface area contributed by atoms with Crippen LogP contribution in [0.4, 0.5) is 5.69 Å². The molecule has 1 saturated carbocycles. The van der Waals surface area contributed by atoms with E-state index in [0.717, 1.165) is 29.0 Å². The fourth-order valence-electron chi connectivity index (χ4n) is 2.34. The number of aliphatic carboxylic acids is 1. The lowest BCUT2D eigenvalue weighted by atomic mass is 10.1. The van der Waals surface area contributed by atoms with E-state index in [-0.39, 0.29) is 17.7 Å². The first kappa shape index (κ1) is 11.6. The van der Waals surface area contributed by atoms with Crippen molar-refractivity contribution in [1.82, 2.24) is 0 Å². The zero-order valence-electron chi connectivity index (χ0n) is 9.68. The van der Waals surface area contributed by atoms with Gasteiger partial charge in [0.05, 0.1) is 17.4 Å². The molecule has 1 aromatic rings. The number of hydrogen-bond acceptors (Lipinski definition) is 3. The summed E-state index contributed by atoms with van der Waals surface area (Å²) in [6.45, 7) is 0. The van der Waals surface area contributed by atoms with Gasteiger partial charge < -0.3 is 10.4 Å². The van der Waals surface area contributed by atoms with E-state index in [4.69, 9.17) is 5.11 Å². The van der Waals surface area contributed by atoms with Crippen LogP contribution >= 0.6 is 11.8 Å². The Morgan fingerprint density at radius 1 is 1.50 bits per heavy atom. The van der Waals surface area contributed by atoms with Crippen LogP contribution in [-0.4, -0.2) is 22.7 Å². The Morgan fingerprint density at radius 2 is 2.33 bits per heavy atom. The molecule has 2 unspecified atom stereocenters. The van der Waals surface area contributed by atoms with Crippen molar-refractivity contribution in [3.05, 3.63) is 23.8 Å². The monoisotopic (exact) mass is 263 g/mol. The predicted molar refractivity (Wildman–Crippen MR) is 68.7 cm³/mol. The third kappa shape index (κ3) is 2.22. The Hall–Kier alpha value is -1.49. The van der Waals surface area contributed by atoms with Gasteiger partial charge in [0.2, 0.25) is 5.91 Å². The average molecular weight is 263 g/mol. The molecule has 94 valence electrons. The second-order valence-electron chi connectivity index (χ2n) is 4.81. The highest BCUT2D eigenvalue weighted by atomic mass is 32.2. The maximum Gasteiger partial charge on any atom is 0.306 e. The number of benzene rings is 1. The van der Waals surface area contributed by atoms with Crippen LogP contribution in [0.3, 0.4) is 0 Å². The van der Waals surface area contributed by atoms with E-state index in [1.165, 1.54) is 11.8 Å². The molecule has 1 fully saturated rings. The number of anilines is 1. The van der Waals surface area contributed by atoms with Crippen LogP contribution in [0.15, 0.2) is 23.1 Å². The van der Waals surface area contributed by atoms with Crippen molar-refractivity contribution < 1.29 is 14.7 Å². The summed E-state index contributed by atoms with van der Waals surface area (Å²) in [5, 5.41) is 11.7. The Kier molecular flexibility index (Phi) is 2.78. The Bertz CT molecular complexity index is 529. The van der Waals surface area contributed by atoms with Crippen LogP contribution in [0.25, 0.3) is 0 Å². The van der Waals surface area contributed by atoms with E-state index < -0.39 is 5.97 Å². The number of thioether (sulfide) groups is 1. The number of nitrogens with one attached hydrogen (secondary N) is 1. The Labute approximate surface area is 109 Å². The van der Waals surface area contributed by atoms with Gasteiger partial charge in [0.15, 0.2) is 0 Å². The number of hydrogen-bond donors (Lipinski definition) is 2. The smallest absolute Gasteiger partial charge is 0.306 e. The van der Waals surface area contributed by atoms with E-state index in [1.807, 2.05) is 18.2 Å². The number of carboxylic acids is 1. The number of rotatable bonds is 3. The van der Waals surface area contributed by atoms with Gasteiger partial charge in [-0.15, -0.1) is 11.8 Å². The number of amides is 1. The third-order valence-corrected chi connectivity index (χ3v) is 4.49. The SMILES string of the molecule is O=C1CSc2ccc(CC3CC3C(=O)O)cc2N1.